The number of carboxylic acid groups (broad SMARTS) is 1. The Hall–Kier alpha value is -4.01. The van der Waals surface area contributed by atoms with Crippen molar-refractivity contribution in [2.45, 2.75) is 52.2 Å². The van der Waals surface area contributed by atoms with Gasteiger partial charge < -0.3 is 19.9 Å². The topological polar surface area (TPSA) is 97.8 Å². The lowest BCUT2D eigenvalue weighted by Crippen LogP contribution is -2.28. The zero-order valence-electron chi connectivity index (χ0n) is 20.5. The zero-order valence-corrected chi connectivity index (χ0v) is 20.5. The molecule has 0 bridgehead atoms. The fourth-order valence-corrected chi connectivity index (χ4v) is 3.94. The minimum Gasteiger partial charge on any atom is -0.483 e. The molecule has 2 aliphatic rings. The van der Waals surface area contributed by atoms with Crippen LogP contribution >= 0.6 is 0 Å². The quantitative estimate of drug-likeness (QED) is 0.423. The summed E-state index contributed by atoms with van der Waals surface area (Å²) >= 11 is 0. The first-order valence-electron chi connectivity index (χ1n) is 11.5. The predicted molar refractivity (Wildman–Crippen MR) is 131 cm³/mol. The van der Waals surface area contributed by atoms with Crippen molar-refractivity contribution >= 4 is 18.2 Å². The van der Waals surface area contributed by atoms with E-state index in [9.17, 15) is 13.6 Å². The number of aromatic nitrogens is 1. The number of alkyl halides is 2. The van der Waals surface area contributed by atoms with E-state index in [1.54, 1.807) is 12.1 Å². The number of fused-ring (bicyclic) bond motifs is 1. The summed E-state index contributed by atoms with van der Waals surface area (Å²) in [7, 11) is 0. The van der Waals surface area contributed by atoms with Gasteiger partial charge in [0.1, 0.15) is 5.82 Å². The minimum absolute atomic E-state index is 0.0343. The highest BCUT2D eigenvalue weighted by molar-refractivity contribution is 6.01. The van der Waals surface area contributed by atoms with Crippen molar-refractivity contribution in [2.24, 2.45) is 0 Å². The van der Waals surface area contributed by atoms with Crippen molar-refractivity contribution < 1.29 is 33.0 Å². The van der Waals surface area contributed by atoms with Gasteiger partial charge in [-0.15, -0.1) is 8.78 Å². The number of nitrogens with zero attached hydrogens (tertiary/aromatic N) is 1. The van der Waals surface area contributed by atoms with E-state index in [-0.39, 0.29) is 23.9 Å². The van der Waals surface area contributed by atoms with Crippen molar-refractivity contribution in [3.8, 4) is 22.8 Å². The molecule has 1 aliphatic carbocycles. The molecule has 5 rings (SSSR count). The number of carbonyl (C=O) groups is 2. The van der Waals surface area contributed by atoms with E-state index in [1.165, 1.54) is 12.1 Å². The van der Waals surface area contributed by atoms with Gasteiger partial charge in [-0.05, 0) is 62.1 Å². The van der Waals surface area contributed by atoms with E-state index in [0.717, 1.165) is 22.4 Å². The molecular weight excluding hydrogens is 470 g/mol. The normalized spacial score (nSPS) is 15.4. The number of aryl methyl sites for hydroxylation is 2. The summed E-state index contributed by atoms with van der Waals surface area (Å²) in [4.78, 5) is 26.2. The molecule has 0 radical (unpaired) electrons. The van der Waals surface area contributed by atoms with Gasteiger partial charge in [0.15, 0.2) is 11.5 Å². The Morgan fingerprint density at radius 3 is 2.33 bits per heavy atom. The van der Waals surface area contributed by atoms with Crippen LogP contribution in [0.3, 0.4) is 0 Å². The molecule has 0 saturated heterocycles. The van der Waals surface area contributed by atoms with Crippen LogP contribution in [-0.4, -0.2) is 28.8 Å². The summed E-state index contributed by atoms with van der Waals surface area (Å²) in [6.45, 7) is 7.74. The first-order chi connectivity index (χ1) is 17.2. The van der Waals surface area contributed by atoms with E-state index in [0.29, 0.717) is 24.2 Å². The molecule has 7 nitrogen and oxygen atoms in total. The number of rotatable bonds is 4. The van der Waals surface area contributed by atoms with Gasteiger partial charge in [-0.25, -0.2) is 4.98 Å². The monoisotopic (exact) mass is 498 g/mol. The van der Waals surface area contributed by atoms with Gasteiger partial charge in [0.2, 0.25) is 5.91 Å². The van der Waals surface area contributed by atoms with E-state index in [1.807, 2.05) is 58.0 Å². The molecule has 9 heteroatoms. The van der Waals surface area contributed by atoms with Crippen LogP contribution in [0.5, 0.6) is 11.5 Å². The minimum atomic E-state index is -3.68. The van der Waals surface area contributed by atoms with Gasteiger partial charge >= 0.3 is 6.29 Å². The molecule has 1 aliphatic heterocycles. The fraction of sp³-hybridized carbons (Fsp3) is 0.296. The SMILES string of the molecule is CC.Cc1cccc(-c2nc(NC(=O)C3(c4ccc5c(c4)OC(F)(F)O5)CC3)ccc2C)c1.O=CO. The smallest absolute Gasteiger partial charge is 0.483 e. The van der Waals surface area contributed by atoms with Crippen molar-refractivity contribution in [1.29, 1.82) is 0 Å². The van der Waals surface area contributed by atoms with Gasteiger partial charge in [0.05, 0.1) is 11.1 Å². The largest absolute Gasteiger partial charge is 0.586 e. The molecule has 2 aromatic carbocycles. The summed E-state index contributed by atoms with van der Waals surface area (Å²) in [5.74, 6) is 0.139. The van der Waals surface area contributed by atoms with Crippen LogP contribution in [0.15, 0.2) is 54.6 Å². The number of nitrogens with one attached hydrogen (secondary N) is 1. The van der Waals surface area contributed by atoms with Crippen molar-refractivity contribution in [1.82, 2.24) is 4.98 Å². The Balaban J connectivity index is 0.000000674. The van der Waals surface area contributed by atoms with E-state index in [4.69, 9.17) is 9.90 Å². The van der Waals surface area contributed by atoms with Crippen molar-refractivity contribution in [2.75, 3.05) is 5.32 Å². The highest BCUT2D eigenvalue weighted by Gasteiger charge is 2.53. The number of amides is 1. The molecule has 190 valence electrons. The number of anilines is 1. The van der Waals surface area contributed by atoms with Crippen LogP contribution in [0, 0.1) is 13.8 Å². The Morgan fingerprint density at radius 1 is 1.03 bits per heavy atom. The van der Waals surface area contributed by atoms with E-state index < -0.39 is 11.7 Å². The third-order valence-electron chi connectivity index (χ3n) is 5.77. The summed E-state index contributed by atoms with van der Waals surface area (Å²) < 4.78 is 35.7. The molecule has 0 spiro atoms. The standard InChI is InChI=1S/C24H20F2N2O3.C2H6.CH2O2/c1-14-4-3-5-16(12-14)21-15(2)6-9-20(27-21)28-22(29)23(10-11-23)17-7-8-18-19(13-17)31-24(25,26)30-18;1-2;2-1-3/h3-9,12-13H,10-11H2,1-2H3,(H,27,28,29);1-2H3;1H,(H,2,3). The second kappa shape index (κ2) is 10.7. The lowest BCUT2D eigenvalue weighted by Gasteiger charge is -2.17. The van der Waals surface area contributed by atoms with E-state index in [2.05, 4.69) is 19.8 Å². The third-order valence-corrected chi connectivity index (χ3v) is 5.77. The molecule has 36 heavy (non-hydrogen) atoms. The molecule has 0 atom stereocenters. The molecule has 1 saturated carbocycles. The van der Waals surface area contributed by atoms with Crippen LogP contribution in [0.1, 0.15) is 43.4 Å². The molecular formula is C27H28F2N2O5. The van der Waals surface area contributed by atoms with Gasteiger partial charge in [0.25, 0.3) is 6.47 Å². The summed E-state index contributed by atoms with van der Waals surface area (Å²) in [6.07, 6.45) is -2.45. The molecule has 0 unspecified atom stereocenters. The van der Waals surface area contributed by atoms with Crippen LogP contribution in [-0.2, 0) is 15.0 Å². The third kappa shape index (κ3) is 5.62. The molecule has 1 fully saturated rings. The van der Waals surface area contributed by atoms with Crippen LogP contribution in [0.2, 0.25) is 0 Å². The van der Waals surface area contributed by atoms with Gasteiger partial charge in [0, 0.05) is 5.56 Å². The van der Waals surface area contributed by atoms with Crippen LogP contribution in [0.25, 0.3) is 11.3 Å². The molecule has 1 amide bonds. The summed E-state index contributed by atoms with van der Waals surface area (Å²) in [5.41, 5.74) is 3.74. The maximum Gasteiger partial charge on any atom is 0.586 e. The molecule has 1 aromatic heterocycles. The number of pyridine rings is 1. The summed E-state index contributed by atoms with van der Waals surface area (Å²) in [5, 5.41) is 9.80. The average Bonchev–Trinajstić information content (AvgIpc) is 3.59. The van der Waals surface area contributed by atoms with E-state index >= 15 is 0 Å². The highest BCUT2D eigenvalue weighted by Crippen LogP contribution is 2.52. The fourth-order valence-electron chi connectivity index (χ4n) is 3.94. The predicted octanol–water partition coefficient (Wildman–Crippen LogP) is 6.08. The number of ether oxygens (including phenoxy) is 2. The van der Waals surface area contributed by atoms with Crippen LogP contribution in [0.4, 0.5) is 14.6 Å². The first-order valence-corrected chi connectivity index (χ1v) is 11.5. The first kappa shape index (κ1) is 26.6. The maximum absolute atomic E-state index is 13.3. The Kier molecular flexibility index (Phi) is 7.92. The van der Waals surface area contributed by atoms with Crippen molar-refractivity contribution in [3.63, 3.8) is 0 Å². The van der Waals surface area contributed by atoms with Crippen molar-refractivity contribution in [3.05, 3.63) is 71.3 Å². The van der Waals surface area contributed by atoms with Gasteiger partial charge in [-0.1, -0.05) is 49.7 Å². The number of hydrogen-bond donors (Lipinski definition) is 2. The number of benzene rings is 2. The zero-order chi connectivity index (χ0) is 26.5. The van der Waals surface area contributed by atoms with Crippen LogP contribution < -0.4 is 14.8 Å². The molecule has 2 N–H and O–H groups in total. The number of hydrogen-bond acceptors (Lipinski definition) is 5. The van der Waals surface area contributed by atoms with Gasteiger partial charge in [-0.3, -0.25) is 9.59 Å². The average molecular weight is 499 g/mol. The molecule has 2 heterocycles. The Bertz CT molecular complexity index is 1260. The number of carbonyl (C=O) groups excluding carboxylic acids is 1. The molecule has 3 aromatic rings. The lowest BCUT2D eigenvalue weighted by molar-refractivity contribution is -0.286. The Labute approximate surface area is 208 Å². The second-order valence-electron chi connectivity index (χ2n) is 8.20. The Morgan fingerprint density at radius 2 is 1.69 bits per heavy atom. The second-order valence-corrected chi connectivity index (χ2v) is 8.20. The summed E-state index contributed by atoms with van der Waals surface area (Å²) in [6, 6.07) is 16.2. The lowest BCUT2D eigenvalue weighted by atomic mass is 9.94. The number of halogens is 2. The maximum atomic E-state index is 13.3. The van der Waals surface area contributed by atoms with Gasteiger partial charge in [-0.2, -0.15) is 0 Å². The highest BCUT2D eigenvalue weighted by atomic mass is 19.3.